The Hall–Kier alpha value is -4.51. The molecule has 0 aliphatic heterocycles. The van der Waals surface area contributed by atoms with E-state index in [1.165, 1.54) is 0 Å². The van der Waals surface area contributed by atoms with Crippen molar-refractivity contribution >= 4 is 22.8 Å². The van der Waals surface area contributed by atoms with Crippen LogP contribution in [0, 0.1) is 0 Å². The molecule has 5 aromatic rings. The van der Waals surface area contributed by atoms with Crippen molar-refractivity contribution < 1.29 is 14.7 Å². The maximum absolute atomic E-state index is 13.1. The highest BCUT2D eigenvalue weighted by molar-refractivity contribution is 6.10. The topological polar surface area (TPSA) is 72.2 Å². The van der Waals surface area contributed by atoms with E-state index in [-0.39, 0.29) is 11.3 Å². The van der Waals surface area contributed by atoms with Crippen LogP contribution in [0.2, 0.25) is 0 Å². The maximum Gasteiger partial charge on any atom is 0.336 e. The molecule has 0 aliphatic carbocycles. The molecule has 0 radical (unpaired) electrons. The lowest BCUT2D eigenvalue weighted by molar-refractivity contribution is 0.0697. The molecule has 0 aliphatic rings. The van der Waals surface area contributed by atoms with Crippen molar-refractivity contribution in [3.05, 3.63) is 125 Å². The Bertz CT molecular complexity index is 1550. The highest BCUT2D eigenvalue weighted by Gasteiger charge is 2.16. The first-order valence-electron chi connectivity index (χ1n) is 12.1. The minimum Gasteiger partial charge on any atom is -0.478 e. The van der Waals surface area contributed by atoms with Gasteiger partial charge in [0.1, 0.15) is 5.82 Å². The van der Waals surface area contributed by atoms with Gasteiger partial charge >= 0.3 is 5.97 Å². The van der Waals surface area contributed by atoms with Gasteiger partial charge in [0.05, 0.1) is 16.6 Å². The van der Waals surface area contributed by atoms with Crippen LogP contribution >= 0.6 is 0 Å². The summed E-state index contributed by atoms with van der Waals surface area (Å²) in [7, 11) is 0. The van der Waals surface area contributed by atoms with Gasteiger partial charge < -0.3 is 9.67 Å². The molecular formula is C31H26N2O3. The molecule has 0 atom stereocenters. The SMILES string of the molecule is CCCc1nc2ccc(C(=O)c3ccccc3)cc2n1Cc1ccc(-c2ccccc2C(=O)O)cc1. The second kappa shape index (κ2) is 10.0. The fourth-order valence-electron chi connectivity index (χ4n) is 4.55. The van der Waals surface area contributed by atoms with Crippen LogP contribution in [0.5, 0.6) is 0 Å². The van der Waals surface area contributed by atoms with Gasteiger partial charge in [0, 0.05) is 24.1 Å². The molecule has 0 bridgehead atoms. The van der Waals surface area contributed by atoms with Crippen molar-refractivity contribution in [1.82, 2.24) is 9.55 Å². The summed E-state index contributed by atoms with van der Waals surface area (Å²) in [5, 5.41) is 9.53. The molecule has 0 saturated heterocycles. The lowest BCUT2D eigenvalue weighted by Crippen LogP contribution is -2.06. The Morgan fingerprint density at radius 3 is 2.28 bits per heavy atom. The van der Waals surface area contributed by atoms with Crippen molar-refractivity contribution in [2.45, 2.75) is 26.3 Å². The maximum atomic E-state index is 13.1. The number of hydrogen-bond donors (Lipinski definition) is 1. The molecule has 0 saturated carbocycles. The molecule has 1 heterocycles. The molecule has 4 aromatic carbocycles. The fourth-order valence-corrected chi connectivity index (χ4v) is 4.55. The fraction of sp³-hybridized carbons (Fsp3) is 0.129. The normalized spacial score (nSPS) is 11.0. The second-order valence-corrected chi connectivity index (χ2v) is 8.81. The predicted octanol–water partition coefficient (Wildman–Crippen LogP) is 6.63. The number of ketones is 1. The number of carboxylic acids is 1. The van der Waals surface area contributed by atoms with Crippen LogP contribution in [0.25, 0.3) is 22.2 Å². The van der Waals surface area contributed by atoms with Gasteiger partial charge in [0.15, 0.2) is 5.78 Å². The summed E-state index contributed by atoms with van der Waals surface area (Å²) in [5.41, 5.74) is 6.01. The van der Waals surface area contributed by atoms with E-state index >= 15 is 0 Å². The standard InChI is InChI=1S/C31H26N2O3/c1-2-8-29-32-27-18-17-24(30(34)23-9-4-3-5-10-23)19-28(27)33(29)20-21-13-15-22(16-14-21)25-11-6-7-12-26(25)31(35)36/h3-7,9-19H,2,8,20H2,1H3,(H,35,36). The Labute approximate surface area is 209 Å². The van der Waals surface area contributed by atoms with Gasteiger partial charge in [-0.3, -0.25) is 4.79 Å². The van der Waals surface area contributed by atoms with Gasteiger partial charge in [-0.15, -0.1) is 0 Å². The van der Waals surface area contributed by atoms with Crippen molar-refractivity contribution in [2.24, 2.45) is 0 Å². The molecule has 5 nitrogen and oxygen atoms in total. The minimum atomic E-state index is -0.940. The summed E-state index contributed by atoms with van der Waals surface area (Å²) < 4.78 is 2.18. The van der Waals surface area contributed by atoms with Gasteiger partial charge in [-0.25, -0.2) is 9.78 Å². The lowest BCUT2D eigenvalue weighted by atomic mass is 9.98. The van der Waals surface area contributed by atoms with Crippen molar-refractivity contribution in [3.63, 3.8) is 0 Å². The third kappa shape index (κ3) is 4.56. The van der Waals surface area contributed by atoms with E-state index < -0.39 is 5.97 Å². The summed E-state index contributed by atoms with van der Waals surface area (Å²) in [6.45, 7) is 2.73. The molecule has 0 spiro atoms. The molecule has 0 amide bonds. The number of carbonyl (C=O) groups excluding carboxylic acids is 1. The quantitative estimate of drug-likeness (QED) is 0.256. The Morgan fingerprint density at radius 1 is 0.833 bits per heavy atom. The summed E-state index contributed by atoms with van der Waals surface area (Å²) in [6.07, 6.45) is 1.80. The van der Waals surface area contributed by atoms with Crippen LogP contribution in [-0.2, 0) is 13.0 Å². The Morgan fingerprint density at radius 2 is 1.56 bits per heavy atom. The number of carbonyl (C=O) groups is 2. The van der Waals surface area contributed by atoms with E-state index in [4.69, 9.17) is 4.98 Å². The summed E-state index contributed by atoms with van der Waals surface area (Å²) >= 11 is 0. The monoisotopic (exact) mass is 474 g/mol. The number of carboxylic acid groups (broad SMARTS) is 1. The predicted molar refractivity (Wildman–Crippen MR) is 142 cm³/mol. The van der Waals surface area contributed by atoms with E-state index in [1.807, 2.05) is 84.9 Å². The van der Waals surface area contributed by atoms with Gasteiger partial charge in [0.25, 0.3) is 0 Å². The third-order valence-corrected chi connectivity index (χ3v) is 6.36. The first-order valence-corrected chi connectivity index (χ1v) is 12.1. The van der Waals surface area contributed by atoms with E-state index in [9.17, 15) is 14.7 Å². The Kier molecular flexibility index (Phi) is 6.46. The van der Waals surface area contributed by atoms with E-state index in [2.05, 4.69) is 11.5 Å². The molecule has 36 heavy (non-hydrogen) atoms. The van der Waals surface area contributed by atoms with E-state index in [0.29, 0.717) is 23.2 Å². The summed E-state index contributed by atoms with van der Waals surface area (Å²) in [4.78, 5) is 29.6. The number of rotatable bonds is 8. The smallest absolute Gasteiger partial charge is 0.336 e. The van der Waals surface area contributed by atoms with Gasteiger partial charge in [0.2, 0.25) is 0 Å². The zero-order valence-corrected chi connectivity index (χ0v) is 20.0. The molecule has 0 fully saturated rings. The minimum absolute atomic E-state index is 0.0104. The molecule has 5 rings (SSSR count). The first-order chi connectivity index (χ1) is 17.5. The average Bonchev–Trinajstić information content (AvgIpc) is 3.25. The number of fused-ring (bicyclic) bond motifs is 1. The van der Waals surface area contributed by atoms with Crippen molar-refractivity contribution in [2.75, 3.05) is 0 Å². The number of benzene rings is 4. The molecule has 5 heteroatoms. The molecule has 1 aromatic heterocycles. The average molecular weight is 475 g/mol. The van der Waals surface area contributed by atoms with Gasteiger partial charge in [-0.2, -0.15) is 0 Å². The van der Waals surface area contributed by atoms with E-state index in [1.54, 1.807) is 12.1 Å². The van der Waals surface area contributed by atoms with E-state index in [0.717, 1.165) is 40.8 Å². The first kappa shape index (κ1) is 23.2. The van der Waals surface area contributed by atoms with Crippen LogP contribution in [0.3, 0.4) is 0 Å². The lowest BCUT2D eigenvalue weighted by Gasteiger charge is -2.11. The van der Waals surface area contributed by atoms with Crippen LogP contribution in [0.1, 0.15) is 51.0 Å². The number of aromatic nitrogens is 2. The number of hydrogen-bond acceptors (Lipinski definition) is 3. The zero-order valence-electron chi connectivity index (χ0n) is 20.0. The zero-order chi connectivity index (χ0) is 25.1. The third-order valence-electron chi connectivity index (χ3n) is 6.36. The molecule has 0 unspecified atom stereocenters. The van der Waals surface area contributed by atoms with Crippen LogP contribution in [0.15, 0.2) is 97.1 Å². The number of nitrogens with zero attached hydrogens (tertiary/aromatic N) is 2. The van der Waals surface area contributed by atoms with Crippen LogP contribution < -0.4 is 0 Å². The summed E-state index contributed by atoms with van der Waals surface area (Å²) in [6, 6.07) is 30.0. The van der Waals surface area contributed by atoms with Crippen molar-refractivity contribution in [3.8, 4) is 11.1 Å². The molecule has 1 N–H and O–H groups in total. The van der Waals surface area contributed by atoms with Gasteiger partial charge in [-0.05, 0) is 47.4 Å². The van der Waals surface area contributed by atoms with Crippen LogP contribution in [0.4, 0.5) is 0 Å². The highest BCUT2D eigenvalue weighted by Crippen LogP contribution is 2.26. The number of aryl methyl sites for hydroxylation is 1. The second-order valence-electron chi connectivity index (χ2n) is 8.81. The number of aromatic carboxylic acids is 1. The summed E-state index contributed by atoms with van der Waals surface area (Å²) in [5.74, 6) is 0.0328. The highest BCUT2D eigenvalue weighted by atomic mass is 16.4. The van der Waals surface area contributed by atoms with Crippen molar-refractivity contribution in [1.29, 1.82) is 0 Å². The Balaban J connectivity index is 1.50. The number of imidazole rings is 1. The largest absolute Gasteiger partial charge is 0.478 e. The molecule has 178 valence electrons. The van der Waals surface area contributed by atoms with Crippen LogP contribution in [-0.4, -0.2) is 26.4 Å². The van der Waals surface area contributed by atoms with Gasteiger partial charge in [-0.1, -0.05) is 79.7 Å². The molecular weight excluding hydrogens is 448 g/mol.